The highest BCUT2D eigenvalue weighted by molar-refractivity contribution is 6.05. The van der Waals surface area contributed by atoms with Crippen LogP contribution in [0.2, 0.25) is 0 Å². The monoisotopic (exact) mass is 273 g/mol. The zero-order chi connectivity index (χ0) is 14.7. The van der Waals surface area contributed by atoms with E-state index in [0.29, 0.717) is 28.4 Å². The predicted octanol–water partition coefficient (Wildman–Crippen LogP) is 2.50. The summed E-state index contributed by atoms with van der Waals surface area (Å²) in [6.45, 7) is 4.84. The van der Waals surface area contributed by atoms with Crippen LogP contribution >= 0.6 is 0 Å². The molecule has 104 valence electrons. The lowest BCUT2D eigenvalue weighted by Gasteiger charge is -2.06. The van der Waals surface area contributed by atoms with Gasteiger partial charge >= 0.3 is 0 Å². The zero-order valence-corrected chi connectivity index (χ0v) is 11.5. The van der Waals surface area contributed by atoms with Gasteiger partial charge in [-0.05, 0) is 38.1 Å². The van der Waals surface area contributed by atoms with Crippen LogP contribution in [0.25, 0.3) is 0 Å². The Balaban J connectivity index is 2.10. The lowest BCUT2D eigenvalue weighted by Crippen LogP contribution is -2.13. The summed E-state index contributed by atoms with van der Waals surface area (Å²) >= 11 is 0. The fourth-order valence-corrected chi connectivity index (χ4v) is 1.84. The summed E-state index contributed by atoms with van der Waals surface area (Å²) in [6, 6.07) is 6.84. The molecule has 0 spiro atoms. The van der Waals surface area contributed by atoms with Crippen LogP contribution in [-0.2, 0) is 4.79 Å². The Kier molecular flexibility index (Phi) is 3.84. The van der Waals surface area contributed by atoms with Crippen molar-refractivity contribution in [2.75, 3.05) is 10.6 Å². The Morgan fingerprint density at radius 3 is 2.05 bits per heavy atom. The smallest absolute Gasteiger partial charge is 0.261 e. The molecule has 0 aliphatic carbocycles. The van der Waals surface area contributed by atoms with E-state index in [2.05, 4.69) is 15.8 Å². The first kappa shape index (κ1) is 13.8. The van der Waals surface area contributed by atoms with Crippen LogP contribution in [0.4, 0.5) is 11.4 Å². The van der Waals surface area contributed by atoms with E-state index in [1.54, 1.807) is 38.1 Å². The SMILES string of the molecule is CC(=O)Nc1ccc(NC(=O)c2c(C)noc2C)cc1. The maximum atomic E-state index is 12.1. The lowest BCUT2D eigenvalue weighted by molar-refractivity contribution is -0.114. The van der Waals surface area contributed by atoms with Crippen molar-refractivity contribution in [1.29, 1.82) is 0 Å². The van der Waals surface area contributed by atoms with E-state index in [0.717, 1.165) is 0 Å². The highest BCUT2D eigenvalue weighted by Crippen LogP contribution is 2.17. The van der Waals surface area contributed by atoms with Crippen LogP contribution in [0.15, 0.2) is 28.8 Å². The molecule has 0 aliphatic heterocycles. The second-order valence-corrected chi connectivity index (χ2v) is 4.41. The van der Waals surface area contributed by atoms with Gasteiger partial charge in [0.05, 0.1) is 5.69 Å². The number of nitrogens with zero attached hydrogens (tertiary/aromatic N) is 1. The van der Waals surface area contributed by atoms with Gasteiger partial charge in [0.1, 0.15) is 11.3 Å². The average Bonchev–Trinajstić information content (AvgIpc) is 2.71. The fraction of sp³-hybridized carbons (Fsp3) is 0.214. The van der Waals surface area contributed by atoms with Crippen LogP contribution < -0.4 is 10.6 Å². The predicted molar refractivity (Wildman–Crippen MR) is 74.7 cm³/mol. The Morgan fingerprint density at radius 2 is 1.60 bits per heavy atom. The van der Waals surface area contributed by atoms with Gasteiger partial charge in [0.2, 0.25) is 5.91 Å². The minimum Gasteiger partial charge on any atom is -0.361 e. The molecule has 0 saturated heterocycles. The van der Waals surface area contributed by atoms with E-state index >= 15 is 0 Å². The van der Waals surface area contributed by atoms with E-state index in [1.165, 1.54) is 6.92 Å². The van der Waals surface area contributed by atoms with Crippen LogP contribution in [0.3, 0.4) is 0 Å². The first-order valence-corrected chi connectivity index (χ1v) is 6.09. The number of aryl methyl sites for hydroxylation is 2. The Bertz CT molecular complexity index is 625. The van der Waals surface area contributed by atoms with Gasteiger partial charge < -0.3 is 15.2 Å². The zero-order valence-electron chi connectivity index (χ0n) is 11.5. The molecule has 1 heterocycles. The normalized spacial score (nSPS) is 10.2. The first-order chi connectivity index (χ1) is 9.47. The van der Waals surface area contributed by atoms with Gasteiger partial charge in [-0.25, -0.2) is 0 Å². The van der Waals surface area contributed by atoms with Crippen molar-refractivity contribution in [2.45, 2.75) is 20.8 Å². The van der Waals surface area contributed by atoms with E-state index in [4.69, 9.17) is 4.52 Å². The number of amides is 2. The van der Waals surface area contributed by atoms with Crippen molar-refractivity contribution in [3.8, 4) is 0 Å². The summed E-state index contributed by atoms with van der Waals surface area (Å²) in [5, 5.41) is 9.15. The molecule has 2 N–H and O–H groups in total. The molecule has 6 nitrogen and oxygen atoms in total. The molecular weight excluding hydrogens is 258 g/mol. The highest BCUT2D eigenvalue weighted by atomic mass is 16.5. The van der Waals surface area contributed by atoms with E-state index in [-0.39, 0.29) is 11.8 Å². The summed E-state index contributed by atoms with van der Waals surface area (Å²) in [5.74, 6) is 0.0703. The summed E-state index contributed by atoms with van der Waals surface area (Å²) in [6.07, 6.45) is 0. The van der Waals surface area contributed by atoms with Gasteiger partial charge in [-0.1, -0.05) is 5.16 Å². The molecule has 2 rings (SSSR count). The standard InChI is InChI=1S/C14H15N3O3/c1-8-13(9(2)20-17-8)14(19)16-12-6-4-11(5-7-12)15-10(3)18/h4-7H,1-3H3,(H,15,18)(H,16,19). The number of benzene rings is 1. The summed E-state index contributed by atoms with van der Waals surface area (Å²) in [4.78, 5) is 23.0. The van der Waals surface area contributed by atoms with Gasteiger partial charge in [0.15, 0.2) is 0 Å². The Labute approximate surface area is 116 Å². The quantitative estimate of drug-likeness (QED) is 0.899. The van der Waals surface area contributed by atoms with Crippen molar-refractivity contribution >= 4 is 23.2 Å². The van der Waals surface area contributed by atoms with Gasteiger partial charge in [0, 0.05) is 18.3 Å². The first-order valence-electron chi connectivity index (χ1n) is 6.09. The molecule has 6 heteroatoms. The maximum Gasteiger partial charge on any atom is 0.261 e. The fourth-order valence-electron chi connectivity index (χ4n) is 1.84. The number of carbonyl (C=O) groups excluding carboxylic acids is 2. The Hall–Kier alpha value is -2.63. The number of carbonyl (C=O) groups is 2. The van der Waals surface area contributed by atoms with Crippen molar-refractivity contribution in [2.24, 2.45) is 0 Å². The molecule has 0 unspecified atom stereocenters. The van der Waals surface area contributed by atoms with Crippen LogP contribution in [0, 0.1) is 13.8 Å². The lowest BCUT2D eigenvalue weighted by atomic mass is 10.2. The third-order valence-electron chi connectivity index (χ3n) is 2.72. The number of hydrogen-bond donors (Lipinski definition) is 2. The largest absolute Gasteiger partial charge is 0.361 e. The molecule has 0 radical (unpaired) electrons. The van der Waals surface area contributed by atoms with E-state index in [1.807, 2.05) is 0 Å². The topological polar surface area (TPSA) is 84.2 Å². The van der Waals surface area contributed by atoms with Crippen molar-refractivity contribution < 1.29 is 14.1 Å². The highest BCUT2D eigenvalue weighted by Gasteiger charge is 2.17. The van der Waals surface area contributed by atoms with Crippen molar-refractivity contribution in [3.63, 3.8) is 0 Å². The van der Waals surface area contributed by atoms with Gasteiger partial charge in [0.25, 0.3) is 5.91 Å². The molecule has 0 bridgehead atoms. The van der Waals surface area contributed by atoms with Gasteiger partial charge in [-0.2, -0.15) is 0 Å². The second-order valence-electron chi connectivity index (χ2n) is 4.41. The molecular formula is C14H15N3O3. The summed E-state index contributed by atoms with van der Waals surface area (Å²) < 4.78 is 4.96. The molecule has 0 atom stereocenters. The summed E-state index contributed by atoms with van der Waals surface area (Å²) in [7, 11) is 0. The third-order valence-corrected chi connectivity index (χ3v) is 2.72. The Morgan fingerprint density at radius 1 is 1.05 bits per heavy atom. The molecule has 0 fully saturated rings. The number of rotatable bonds is 3. The molecule has 0 aliphatic rings. The number of aromatic nitrogens is 1. The van der Waals surface area contributed by atoms with Crippen LogP contribution in [0.5, 0.6) is 0 Å². The average molecular weight is 273 g/mol. The van der Waals surface area contributed by atoms with E-state index < -0.39 is 0 Å². The molecule has 0 saturated carbocycles. The second kappa shape index (κ2) is 5.56. The minimum absolute atomic E-state index is 0.141. The molecule has 2 amide bonds. The molecule has 20 heavy (non-hydrogen) atoms. The van der Waals surface area contributed by atoms with Crippen molar-refractivity contribution in [3.05, 3.63) is 41.3 Å². The molecule has 1 aromatic carbocycles. The number of hydrogen-bond acceptors (Lipinski definition) is 4. The molecule has 2 aromatic rings. The van der Waals surface area contributed by atoms with Gasteiger partial charge in [-0.3, -0.25) is 9.59 Å². The maximum absolute atomic E-state index is 12.1. The minimum atomic E-state index is -0.270. The third kappa shape index (κ3) is 3.03. The van der Waals surface area contributed by atoms with Crippen LogP contribution in [-0.4, -0.2) is 17.0 Å². The van der Waals surface area contributed by atoms with Crippen LogP contribution in [0.1, 0.15) is 28.7 Å². The molecule has 1 aromatic heterocycles. The summed E-state index contributed by atoms with van der Waals surface area (Å²) in [5.41, 5.74) is 2.29. The van der Waals surface area contributed by atoms with Crippen molar-refractivity contribution in [1.82, 2.24) is 5.16 Å². The number of nitrogens with one attached hydrogen (secondary N) is 2. The number of anilines is 2. The van der Waals surface area contributed by atoms with Gasteiger partial charge in [-0.15, -0.1) is 0 Å². The van der Waals surface area contributed by atoms with E-state index in [9.17, 15) is 9.59 Å².